The highest BCUT2D eigenvalue weighted by Crippen LogP contribution is 2.37. The quantitative estimate of drug-likeness (QED) is 0.797. The second-order valence-corrected chi connectivity index (χ2v) is 7.50. The highest BCUT2D eigenvalue weighted by molar-refractivity contribution is 6.63. The van der Waals surface area contributed by atoms with E-state index in [0.717, 1.165) is 24.1 Å². The number of benzene rings is 1. The molecule has 3 nitrogen and oxygen atoms in total. The highest BCUT2D eigenvalue weighted by Gasteiger charge is 2.52. The lowest BCUT2D eigenvalue weighted by Crippen LogP contribution is -2.41. The van der Waals surface area contributed by atoms with Crippen LogP contribution < -0.4 is 10.2 Å². The van der Waals surface area contributed by atoms with Crippen LogP contribution in [0.3, 0.4) is 0 Å². The van der Waals surface area contributed by atoms with Gasteiger partial charge >= 0.3 is 7.12 Å². The van der Waals surface area contributed by atoms with Crippen LogP contribution in [0.15, 0.2) is 24.3 Å². The SMILES string of the molecule is CC1(C)OB(c2ccccc2OC2CCCCC2)OC1(C)C. The lowest BCUT2D eigenvalue weighted by Gasteiger charge is -2.32. The van der Waals surface area contributed by atoms with Crippen molar-refractivity contribution in [3.63, 3.8) is 0 Å². The van der Waals surface area contributed by atoms with Gasteiger partial charge < -0.3 is 14.0 Å². The Labute approximate surface area is 134 Å². The van der Waals surface area contributed by atoms with Gasteiger partial charge in [-0.1, -0.05) is 24.6 Å². The van der Waals surface area contributed by atoms with Gasteiger partial charge in [0, 0.05) is 5.46 Å². The van der Waals surface area contributed by atoms with Gasteiger partial charge in [-0.15, -0.1) is 0 Å². The minimum absolute atomic E-state index is 0.324. The standard InChI is InChI=1S/C18H27BO3/c1-17(2)18(3,4)22-19(21-17)15-12-8-9-13-16(15)20-14-10-6-5-7-11-14/h8-9,12-14H,5-7,10-11H2,1-4H3. The van der Waals surface area contributed by atoms with Gasteiger partial charge in [0.05, 0.1) is 17.3 Å². The molecule has 0 aromatic heterocycles. The Morgan fingerprint density at radius 2 is 1.55 bits per heavy atom. The molecule has 1 aromatic rings. The average Bonchev–Trinajstić information content (AvgIpc) is 2.69. The van der Waals surface area contributed by atoms with Gasteiger partial charge in [-0.2, -0.15) is 0 Å². The second kappa shape index (κ2) is 5.90. The van der Waals surface area contributed by atoms with E-state index < -0.39 is 0 Å². The maximum absolute atomic E-state index is 6.28. The summed E-state index contributed by atoms with van der Waals surface area (Å²) in [5.41, 5.74) is 0.359. The van der Waals surface area contributed by atoms with E-state index in [1.54, 1.807) is 0 Å². The third-order valence-electron chi connectivity index (χ3n) is 5.27. The summed E-state index contributed by atoms with van der Waals surface area (Å²) in [6.45, 7) is 8.32. The van der Waals surface area contributed by atoms with Crippen molar-refractivity contribution in [3.05, 3.63) is 24.3 Å². The Hall–Kier alpha value is -0.995. The van der Waals surface area contributed by atoms with Crippen molar-refractivity contribution >= 4 is 12.6 Å². The summed E-state index contributed by atoms with van der Waals surface area (Å²) in [5.74, 6) is 0.910. The topological polar surface area (TPSA) is 27.7 Å². The minimum atomic E-state index is -0.357. The zero-order valence-electron chi connectivity index (χ0n) is 14.2. The first-order valence-electron chi connectivity index (χ1n) is 8.50. The van der Waals surface area contributed by atoms with Crippen LogP contribution >= 0.6 is 0 Å². The molecular weight excluding hydrogens is 275 g/mol. The summed E-state index contributed by atoms with van der Waals surface area (Å²) < 4.78 is 18.6. The van der Waals surface area contributed by atoms with E-state index in [-0.39, 0.29) is 18.3 Å². The highest BCUT2D eigenvalue weighted by atomic mass is 16.7. The molecule has 1 aliphatic heterocycles. The van der Waals surface area contributed by atoms with E-state index in [4.69, 9.17) is 14.0 Å². The van der Waals surface area contributed by atoms with Crippen LogP contribution in [0.4, 0.5) is 0 Å². The maximum atomic E-state index is 6.28. The Bertz CT molecular complexity index is 505. The molecule has 22 heavy (non-hydrogen) atoms. The monoisotopic (exact) mass is 302 g/mol. The van der Waals surface area contributed by atoms with Crippen molar-refractivity contribution in [2.75, 3.05) is 0 Å². The maximum Gasteiger partial charge on any atom is 0.498 e. The molecule has 0 bridgehead atoms. The van der Waals surface area contributed by atoms with Crippen molar-refractivity contribution in [1.29, 1.82) is 0 Å². The fourth-order valence-corrected chi connectivity index (χ4v) is 3.12. The van der Waals surface area contributed by atoms with E-state index in [0.29, 0.717) is 6.10 Å². The summed E-state index contributed by atoms with van der Waals surface area (Å²) in [6.07, 6.45) is 6.50. The van der Waals surface area contributed by atoms with Gasteiger partial charge in [0.1, 0.15) is 5.75 Å². The zero-order chi connectivity index (χ0) is 15.8. The third-order valence-corrected chi connectivity index (χ3v) is 5.27. The Morgan fingerprint density at radius 1 is 0.955 bits per heavy atom. The molecule has 1 saturated carbocycles. The fraction of sp³-hybridized carbons (Fsp3) is 0.667. The van der Waals surface area contributed by atoms with Crippen LogP contribution in [0, 0.1) is 0 Å². The molecule has 0 radical (unpaired) electrons. The van der Waals surface area contributed by atoms with E-state index in [2.05, 4.69) is 33.8 Å². The molecule has 4 heteroatoms. The summed E-state index contributed by atoms with van der Waals surface area (Å²) in [6, 6.07) is 8.14. The van der Waals surface area contributed by atoms with E-state index in [9.17, 15) is 0 Å². The van der Waals surface area contributed by atoms with Crippen LogP contribution in [0.5, 0.6) is 5.75 Å². The van der Waals surface area contributed by atoms with Crippen LogP contribution in [0.1, 0.15) is 59.8 Å². The molecule has 1 saturated heterocycles. The first-order valence-corrected chi connectivity index (χ1v) is 8.50. The molecule has 0 N–H and O–H groups in total. The smallest absolute Gasteiger partial charge is 0.491 e. The van der Waals surface area contributed by atoms with Gasteiger partial charge in [0.2, 0.25) is 0 Å². The first-order chi connectivity index (χ1) is 10.4. The van der Waals surface area contributed by atoms with Crippen LogP contribution in [-0.4, -0.2) is 24.4 Å². The lowest BCUT2D eigenvalue weighted by molar-refractivity contribution is 0.00578. The Balaban J connectivity index is 1.80. The van der Waals surface area contributed by atoms with Crippen LogP contribution in [-0.2, 0) is 9.31 Å². The Kier molecular flexibility index (Phi) is 4.26. The molecule has 1 aliphatic carbocycles. The molecule has 1 heterocycles. The molecular formula is C18H27BO3. The first kappa shape index (κ1) is 15.9. The normalized spacial score (nSPS) is 24.5. The van der Waals surface area contributed by atoms with Crippen molar-refractivity contribution in [1.82, 2.24) is 0 Å². The van der Waals surface area contributed by atoms with Gasteiger partial charge in [-0.05, 0) is 59.4 Å². The molecule has 120 valence electrons. The zero-order valence-corrected chi connectivity index (χ0v) is 14.2. The number of ether oxygens (including phenoxy) is 1. The lowest BCUT2D eigenvalue weighted by atomic mass is 9.78. The van der Waals surface area contributed by atoms with E-state index >= 15 is 0 Å². The molecule has 0 amide bonds. The van der Waals surface area contributed by atoms with Crippen molar-refractivity contribution in [2.24, 2.45) is 0 Å². The molecule has 3 rings (SSSR count). The molecule has 2 aliphatic rings. The fourth-order valence-electron chi connectivity index (χ4n) is 3.12. The molecule has 0 atom stereocenters. The van der Waals surface area contributed by atoms with Gasteiger partial charge in [0.25, 0.3) is 0 Å². The van der Waals surface area contributed by atoms with Crippen molar-refractivity contribution < 1.29 is 14.0 Å². The van der Waals surface area contributed by atoms with Gasteiger partial charge in [-0.3, -0.25) is 0 Å². The second-order valence-electron chi connectivity index (χ2n) is 7.50. The van der Waals surface area contributed by atoms with Gasteiger partial charge in [0.15, 0.2) is 0 Å². The summed E-state index contributed by atoms with van der Waals surface area (Å²) in [7, 11) is -0.357. The van der Waals surface area contributed by atoms with E-state index in [1.807, 2.05) is 18.2 Å². The average molecular weight is 302 g/mol. The molecule has 2 fully saturated rings. The Morgan fingerprint density at radius 3 is 2.18 bits per heavy atom. The number of hydrogen-bond acceptors (Lipinski definition) is 3. The summed E-state index contributed by atoms with van der Waals surface area (Å²) in [4.78, 5) is 0. The number of hydrogen-bond donors (Lipinski definition) is 0. The number of rotatable bonds is 3. The predicted molar refractivity (Wildman–Crippen MR) is 89.7 cm³/mol. The van der Waals surface area contributed by atoms with Crippen molar-refractivity contribution in [3.8, 4) is 5.75 Å². The van der Waals surface area contributed by atoms with Crippen LogP contribution in [0.25, 0.3) is 0 Å². The van der Waals surface area contributed by atoms with Crippen molar-refractivity contribution in [2.45, 2.75) is 77.1 Å². The van der Waals surface area contributed by atoms with E-state index in [1.165, 1.54) is 19.3 Å². The number of para-hydroxylation sites is 1. The van der Waals surface area contributed by atoms with Crippen LogP contribution in [0.2, 0.25) is 0 Å². The summed E-state index contributed by atoms with van der Waals surface area (Å²) in [5, 5.41) is 0. The predicted octanol–water partition coefficient (Wildman–Crippen LogP) is 3.70. The third kappa shape index (κ3) is 3.04. The largest absolute Gasteiger partial charge is 0.498 e. The molecule has 0 unspecified atom stereocenters. The molecule has 1 aromatic carbocycles. The van der Waals surface area contributed by atoms with Gasteiger partial charge in [-0.25, -0.2) is 0 Å². The molecule has 0 spiro atoms. The minimum Gasteiger partial charge on any atom is -0.491 e. The summed E-state index contributed by atoms with van der Waals surface area (Å²) >= 11 is 0.